The van der Waals surface area contributed by atoms with E-state index in [1.807, 2.05) is 5.57 Å². The van der Waals surface area contributed by atoms with Crippen molar-refractivity contribution in [2.45, 2.75) is 105 Å². The van der Waals surface area contributed by atoms with Crippen molar-refractivity contribution in [3.63, 3.8) is 0 Å². The van der Waals surface area contributed by atoms with E-state index in [1.54, 1.807) is 0 Å². The Bertz CT molecular complexity index is 674. The number of allylic oxidation sites excluding steroid dienone is 4. The molecule has 0 bridgehead atoms. The molecular weight excluding hydrogens is 364 g/mol. The second-order valence-corrected chi connectivity index (χ2v) is 12.5. The summed E-state index contributed by atoms with van der Waals surface area (Å²) in [7, 11) is 0. The summed E-state index contributed by atoms with van der Waals surface area (Å²) < 4.78 is 0. The van der Waals surface area contributed by atoms with E-state index in [0.717, 1.165) is 42.4 Å². The zero-order valence-corrected chi connectivity index (χ0v) is 20.7. The molecule has 3 fully saturated rings. The largest absolute Gasteiger partial charge is 0.393 e. The van der Waals surface area contributed by atoms with Crippen LogP contribution >= 0.6 is 0 Å². The molecule has 4 aliphatic rings. The van der Waals surface area contributed by atoms with Gasteiger partial charge in [-0.2, -0.15) is 0 Å². The molecule has 0 amide bonds. The summed E-state index contributed by atoms with van der Waals surface area (Å²) >= 11 is 0. The molecule has 0 saturated heterocycles. The van der Waals surface area contributed by atoms with E-state index in [2.05, 4.69) is 59.8 Å². The van der Waals surface area contributed by atoms with Crippen LogP contribution in [0.4, 0.5) is 0 Å². The molecule has 1 heteroatoms. The lowest BCUT2D eigenvalue weighted by atomic mass is 9.47. The molecule has 170 valence electrons. The molecule has 0 aromatic rings. The lowest BCUT2D eigenvalue weighted by molar-refractivity contribution is -0.0414. The summed E-state index contributed by atoms with van der Waals surface area (Å²) in [6.45, 7) is 14.8. The van der Waals surface area contributed by atoms with Crippen LogP contribution in [0.3, 0.4) is 0 Å². The molecule has 1 N–H and O–H groups in total. The molecule has 0 heterocycles. The monoisotopic (exact) mass is 412 g/mol. The average Bonchev–Trinajstić information content (AvgIpc) is 3.06. The second-order valence-electron chi connectivity index (χ2n) is 12.5. The Kier molecular flexibility index (Phi) is 6.35. The maximum absolute atomic E-state index is 10.3. The molecule has 4 rings (SSSR count). The standard InChI is InChI=1S/C29H48O/c1-7-21(19(2)3)9-8-20(4)25-12-13-26-24-11-10-22-18-23(30)14-16-28(22,5)27(24)15-17-29(25,26)6/h8-9,11,19-23,25-27,30H,7,10,12-18H2,1-6H3/b9-8+/t20-,21+,22+,23+,25-,26?,27?,28+,29-/m1/s1. The summed E-state index contributed by atoms with van der Waals surface area (Å²) in [4.78, 5) is 0. The maximum atomic E-state index is 10.3. The summed E-state index contributed by atoms with van der Waals surface area (Å²) in [5.74, 6) is 5.32. The first-order chi connectivity index (χ1) is 14.2. The Morgan fingerprint density at radius 1 is 1.00 bits per heavy atom. The van der Waals surface area contributed by atoms with Crippen LogP contribution in [0.5, 0.6) is 0 Å². The maximum Gasteiger partial charge on any atom is 0.0543 e. The van der Waals surface area contributed by atoms with Crippen molar-refractivity contribution in [1.82, 2.24) is 0 Å². The molecule has 0 spiro atoms. The fourth-order valence-electron chi connectivity index (χ4n) is 8.68. The highest BCUT2D eigenvalue weighted by Crippen LogP contribution is 2.66. The fraction of sp³-hybridized carbons (Fsp3) is 0.862. The van der Waals surface area contributed by atoms with Gasteiger partial charge in [-0.1, -0.05) is 65.3 Å². The van der Waals surface area contributed by atoms with Crippen molar-refractivity contribution in [1.29, 1.82) is 0 Å². The average molecular weight is 413 g/mol. The van der Waals surface area contributed by atoms with Gasteiger partial charge in [0.05, 0.1) is 6.10 Å². The number of hydrogen-bond donors (Lipinski definition) is 1. The molecular formula is C29H48O. The second kappa shape index (κ2) is 8.42. The number of rotatable bonds is 5. The van der Waals surface area contributed by atoms with Crippen LogP contribution in [0.2, 0.25) is 0 Å². The highest BCUT2D eigenvalue weighted by molar-refractivity contribution is 5.28. The highest BCUT2D eigenvalue weighted by Gasteiger charge is 2.57. The van der Waals surface area contributed by atoms with Crippen molar-refractivity contribution in [2.24, 2.45) is 52.3 Å². The number of aliphatic hydroxyl groups is 1. The van der Waals surface area contributed by atoms with Crippen LogP contribution < -0.4 is 0 Å². The van der Waals surface area contributed by atoms with Crippen LogP contribution in [0.25, 0.3) is 0 Å². The van der Waals surface area contributed by atoms with Crippen molar-refractivity contribution in [2.75, 3.05) is 0 Å². The molecule has 4 aliphatic carbocycles. The van der Waals surface area contributed by atoms with Crippen molar-refractivity contribution >= 4 is 0 Å². The Morgan fingerprint density at radius 2 is 1.70 bits per heavy atom. The van der Waals surface area contributed by atoms with Gasteiger partial charge in [0.2, 0.25) is 0 Å². The van der Waals surface area contributed by atoms with Crippen LogP contribution in [0.15, 0.2) is 23.8 Å². The molecule has 0 aromatic heterocycles. The minimum Gasteiger partial charge on any atom is -0.393 e. The van der Waals surface area contributed by atoms with E-state index >= 15 is 0 Å². The van der Waals surface area contributed by atoms with Gasteiger partial charge >= 0.3 is 0 Å². The fourth-order valence-corrected chi connectivity index (χ4v) is 8.68. The quantitative estimate of drug-likeness (QED) is 0.457. The lowest BCUT2D eigenvalue weighted by Crippen LogP contribution is -2.49. The van der Waals surface area contributed by atoms with E-state index < -0.39 is 0 Å². The molecule has 3 saturated carbocycles. The minimum absolute atomic E-state index is 0.0480. The summed E-state index contributed by atoms with van der Waals surface area (Å²) in [6, 6.07) is 0. The predicted octanol–water partition coefficient (Wildman–Crippen LogP) is 7.80. The van der Waals surface area contributed by atoms with Gasteiger partial charge in [0.15, 0.2) is 0 Å². The molecule has 0 aromatic carbocycles. The van der Waals surface area contributed by atoms with Gasteiger partial charge in [0, 0.05) is 0 Å². The first kappa shape index (κ1) is 22.6. The molecule has 2 unspecified atom stereocenters. The molecule has 0 radical (unpaired) electrons. The molecule has 9 atom stereocenters. The Balaban J connectivity index is 1.53. The lowest BCUT2D eigenvalue weighted by Gasteiger charge is -2.57. The highest BCUT2D eigenvalue weighted by atomic mass is 16.3. The Labute approximate surface area is 186 Å². The van der Waals surface area contributed by atoms with Gasteiger partial charge in [-0.05, 0) is 110 Å². The summed E-state index contributed by atoms with van der Waals surface area (Å²) in [5, 5.41) is 10.3. The van der Waals surface area contributed by atoms with Gasteiger partial charge in [-0.15, -0.1) is 0 Å². The predicted molar refractivity (Wildman–Crippen MR) is 128 cm³/mol. The van der Waals surface area contributed by atoms with E-state index in [1.165, 1.54) is 44.9 Å². The minimum atomic E-state index is -0.0480. The van der Waals surface area contributed by atoms with Crippen molar-refractivity contribution < 1.29 is 5.11 Å². The zero-order chi connectivity index (χ0) is 21.7. The zero-order valence-electron chi connectivity index (χ0n) is 20.7. The number of fused-ring (bicyclic) bond motifs is 5. The van der Waals surface area contributed by atoms with Crippen LogP contribution in [0, 0.1) is 52.3 Å². The Morgan fingerprint density at radius 3 is 2.40 bits per heavy atom. The summed E-state index contributed by atoms with van der Waals surface area (Å²) in [5.41, 5.74) is 2.79. The first-order valence-corrected chi connectivity index (χ1v) is 13.3. The third-order valence-corrected chi connectivity index (χ3v) is 10.7. The van der Waals surface area contributed by atoms with Crippen LogP contribution in [-0.2, 0) is 0 Å². The number of hydrogen-bond acceptors (Lipinski definition) is 1. The van der Waals surface area contributed by atoms with Gasteiger partial charge in [0.1, 0.15) is 0 Å². The third kappa shape index (κ3) is 3.66. The van der Waals surface area contributed by atoms with Crippen molar-refractivity contribution in [3.05, 3.63) is 23.8 Å². The van der Waals surface area contributed by atoms with Crippen LogP contribution in [0.1, 0.15) is 99.3 Å². The van der Waals surface area contributed by atoms with Crippen molar-refractivity contribution in [3.8, 4) is 0 Å². The third-order valence-electron chi connectivity index (χ3n) is 10.7. The van der Waals surface area contributed by atoms with E-state index in [4.69, 9.17) is 0 Å². The van der Waals surface area contributed by atoms with Gasteiger partial charge in [-0.3, -0.25) is 0 Å². The van der Waals surface area contributed by atoms with Gasteiger partial charge in [-0.25, -0.2) is 0 Å². The molecule has 1 nitrogen and oxygen atoms in total. The van der Waals surface area contributed by atoms with E-state index in [0.29, 0.717) is 22.7 Å². The van der Waals surface area contributed by atoms with Gasteiger partial charge in [0.25, 0.3) is 0 Å². The topological polar surface area (TPSA) is 20.2 Å². The first-order valence-electron chi connectivity index (χ1n) is 13.3. The van der Waals surface area contributed by atoms with E-state index in [-0.39, 0.29) is 6.10 Å². The SMILES string of the molecule is CC[C@@H](/C=C/[C@@H](C)[C@H]1CCC2C3=CC[C@H]4C[C@@H](O)CC[C@]4(C)C3CC[C@@]21C)C(C)C. The molecule has 30 heavy (non-hydrogen) atoms. The van der Waals surface area contributed by atoms with E-state index in [9.17, 15) is 5.11 Å². The summed E-state index contributed by atoms with van der Waals surface area (Å²) in [6.07, 6.45) is 19.2. The molecule has 0 aliphatic heterocycles. The Hall–Kier alpha value is -0.560. The van der Waals surface area contributed by atoms with Crippen LogP contribution in [-0.4, -0.2) is 11.2 Å². The normalized spacial score (nSPS) is 45.6. The smallest absolute Gasteiger partial charge is 0.0543 e. The van der Waals surface area contributed by atoms with Gasteiger partial charge < -0.3 is 5.11 Å². The number of aliphatic hydroxyl groups excluding tert-OH is 1.